The van der Waals surface area contributed by atoms with Crippen molar-refractivity contribution in [2.75, 3.05) is 33.0 Å². The quantitative estimate of drug-likeness (QED) is 0.0188. The van der Waals surface area contributed by atoms with Crippen LogP contribution in [0.15, 0.2) is 0 Å². The van der Waals surface area contributed by atoms with Crippen molar-refractivity contribution >= 4 is 31.6 Å². The molecule has 1 aliphatic heterocycles. The molecule has 1 fully saturated rings. The van der Waals surface area contributed by atoms with Gasteiger partial charge in [0.2, 0.25) is 5.91 Å². The molecule has 18 heteroatoms. The molecule has 1 saturated heterocycles. The molecule has 0 bridgehead atoms. The molecule has 8 atom stereocenters. The fourth-order valence-electron chi connectivity index (χ4n) is 9.80. The van der Waals surface area contributed by atoms with Gasteiger partial charge in [-0.05, 0) is 19.3 Å². The number of carbonyl (C=O) groups excluding carboxylic acids is 4. The average Bonchev–Trinajstić information content (AvgIpc) is 3.41. The Kier molecular flexibility index (Phi) is 47.8. The molecule has 0 aromatic rings. The van der Waals surface area contributed by atoms with Crippen LogP contribution < -0.4 is 10.6 Å². The van der Waals surface area contributed by atoms with Crippen molar-refractivity contribution in [2.24, 2.45) is 0 Å². The lowest BCUT2D eigenvalue weighted by Crippen LogP contribution is -2.64. The lowest BCUT2D eigenvalue weighted by atomic mass is 9.97. The van der Waals surface area contributed by atoms with Crippen molar-refractivity contribution in [3.63, 3.8) is 0 Å². The molecule has 1 aliphatic rings. The van der Waals surface area contributed by atoms with Crippen LogP contribution in [0.2, 0.25) is 0 Å². The third kappa shape index (κ3) is 40.9. The van der Waals surface area contributed by atoms with E-state index in [1.807, 2.05) is 0 Å². The molecule has 0 radical (unpaired) electrons. The van der Waals surface area contributed by atoms with Gasteiger partial charge in [-0.1, -0.05) is 245 Å². The normalized spacial score (nSPS) is 19.0. The molecule has 0 saturated carbocycles. The van der Waals surface area contributed by atoms with E-state index in [0.717, 1.165) is 70.6 Å². The molecule has 6 N–H and O–H groups in total. The van der Waals surface area contributed by atoms with Gasteiger partial charge in [0.1, 0.15) is 31.0 Å². The monoisotopic (exact) mass is 1130 g/mol. The van der Waals surface area contributed by atoms with E-state index in [1.165, 1.54) is 161 Å². The Morgan fingerprint density at radius 1 is 0.538 bits per heavy atom. The topological polar surface area (TPSA) is 246 Å². The number of esters is 2. The highest BCUT2D eigenvalue weighted by Crippen LogP contribution is 2.45. The van der Waals surface area contributed by atoms with Crippen LogP contribution in [0, 0.1) is 0 Å². The zero-order valence-corrected chi connectivity index (χ0v) is 50.5. The van der Waals surface area contributed by atoms with Crippen molar-refractivity contribution in [2.45, 2.75) is 327 Å². The summed E-state index contributed by atoms with van der Waals surface area (Å²) in [6, 6.07) is -1.36. The van der Waals surface area contributed by atoms with Crippen molar-refractivity contribution in [1.82, 2.24) is 10.6 Å². The summed E-state index contributed by atoms with van der Waals surface area (Å²) in [5, 5.41) is 36.3. The highest BCUT2D eigenvalue weighted by molar-refractivity contribution is 7.47. The number of amides is 2. The molecular weight excluding hydrogens is 1020 g/mol. The molecule has 0 aromatic carbocycles. The second kappa shape index (κ2) is 50.5. The first-order chi connectivity index (χ1) is 37.8. The van der Waals surface area contributed by atoms with Gasteiger partial charge in [0.25, 0.3) is 5.91 Å². The van der Waals surface area contributed by atoms with Crippen LogP contribution in [-0.4, -0.2) is 120 Å². The number of unbranched alkanes of at least 4 members (excludes halogenated alkanes) is 35. The predicted octanol–water partition coefficient (Wildman–Crippen LogP) is 12.7. The summed E-state index contributed by atoms with van der Waals surface area (Å²) >= 11 is 0. The molecule has 0 aromatic heterocycles. The minimum atomic E-state index is -5.17. The third-order valence-electron chi connectivity index (χ3n) is 14.7. The van der Waals surface area contributed by atoms with Gasteiger partial charge in [0.05, 0.1) is 19.8 Å². The summed E-state index contributed by atoms with van der Waals surface area (Å²) in [6.07, 6.45) is 34.6. The fraction of sp³-hybridized carbons (Fsp3) is 0.933. The van der Waals surface area contributed by atoms with Crippen molar-refractivity contribution in [3.05, 3.63) is 0 Å². The molecule has 17 nitrogen and oxygen atoms in total. The Bertz CT molecular complexity index is 1510. The Morgan fingerprint density at radius 3 is 1.35 bits per heavy atom. The van der Waals surface area contributed by atoms with E-state index >= 15 is 0 Å². The van der Waals surface area contributed by atoms with E-state index in [2.05, 4.69) is 31.4 Å². The Morgan fingerprint density at radius 2 is 0.936 bits per heavy atom. The summed E-state index contributed by atoms with van der Waals surface area (Å²) in [5.41, 5.74) is 0. The van der Waals surface area contributed by atoms with E-state index in [0.29, 0.717) is 19.3 Å². The maximum Gasteiger partial charge on any atom is 0.473 e. The number of aliphatic hydroxyl groups is 3. The van der Waals surface area contributed by atoms with Gasteiger partial charge in [0.15, 0.2) is 18.5 Å². The predicted molar refractivity (Wildman–Crippen MR) is 308 cm³/mol. The largest absolute Gasteiger partial charge is 0.473 e. The number of nitrogens with one attached hydrogen (secondary N) is 2. The molecule has 78 heavy (non-hydrogen) atoms. The van der Waals surface area contributed by atoms with Crippen LogP contribution in [0.4, 0.5) is 0 Å². The van der Waals surface area contributed by atoms with Crippen LogP contribution in [0.5, 0.6) is 0 Å². The number of phosphoric ester groups is 1. The minimum Gasteiger partial charge on any atom is -0.462 e. The van der Waals surface area contributed by atoms with Gasteiger partial charge < -0.3 is 49.8 Å². The minimum absolute atomic E-state index is 0.0959. The Balaban J connectivity index is 2.94. The van der Waals surface area contributed by atoms with Gasteiger partial charge in [-0.25, -0.2) is 4.57 Å². The average molecular weight is 1140 g/mol. The fourth-order valence-corrected chi connectivity index (χ4v) is 10.7. The van der Waals surface area contributed by atoms with Crippen LogP contribution in [-0.2, 0) is 51.7 Å². The van der Waals surface area contributed by atoms with Gasteiger partial charge in [-0.3, -0.25) is 28.2 Å². The number of rotatable bonds is 55. The molecule has 1 rings (SSSR count). The number of carbonyl (C=O) groups is 4. The number of hydrogen-bond donors (Lipinski definition) is 6. The summed E-state index contributed by atoms with van der Waals surface area (Å²) in [6.45, 7) is 5.45. The summed E-state index contributed by atoms with van der Waals surface area (Å²) in [4.78, 5) is 62.9. The van der Waals surface area contributed by atoms with Crippen molar-refractivity contribution in [1.29, 1.82) is 0 Å². The Hall–Kier alpha value is -2.21. The smallest absolute Gasteiger partial charge is 0.462 e. The van der Waals surface area contributed by atoms with E-state index < -0.39 is 101 Å². The molecular formula is C60H115N2O15P. The number of aliphatic hydroxyl groups excluding tert-OH is 3. The third-order valence-corrected chi connectivity index (χ3v) is 15.7. The lowest BCUT2D eigenvalue weighted by molar-refractivity contribution is -0.273. The van der Waals surface area contributed by atoms with Crippen LogP contribution in [0.3, 0.4) is 0 Å². The molecule has 1 heterocycles. The van der Waals surface area contributed by atoms with Crippen LogP contribution in [0.25, 0.3) is 0 Å². The maximum atomic E-state index is 13.7. The molecule has 1 unspecified atom stereocenters. The van der Waals surface area contributed by atoms with Crippen molar-refractivity contribution in [3.8, 4) is 0 Å². The highest BCUT2D eigenvalue weighted by atomic mass is 31.2. The van der Waals surface area contributed by atoms with Gasteiger partial charge in [0, 0.05) is 26.3 Å². The second-order valence-electron chi connectivity index (χ2n) is 22.1. The van der Waals surface area contributed by atoms with E-state index in [9.17, 15) is 44.0 Å². The zero-order valence-electron chi connectivity index (χ0n) is 49.6. The van der Waals surface area contributed by atoms with E-state index in [4.69, 9.17) is 28.0 Å². The number of hydrogen-bond acceptors (Lipinski definition) is 14. The molecule has 2 amide bonds. The summed E-state index contributed by atoms with van der Waals surface area (Å²) in [7, 11) is -5.17. The summed E-state index contributed by atoms with van der Waals surface area (Å²) in [5.74, 6) is -2.50. The molecule has 0 aliphatic carbocycles. The lowest BCUT2D eigenvalue weighted by Gasteiger charge is -2.42. The first kappa shape index (κ1) is 73.8. The number of phosphoric acid groups is 1. The summed E-state index contributed by atoms with van der Waals surface area (Å²) < 4.78 is 47.1. The molecule has 0 spiro atoms. The zero-order chi connectivity index (χ0) is 57.3. The first-order valence-corrected chi connectivity index (χ1v) is 33.1. The Labute approximate surface area is 472 Å². The van der Waals surface area contributed by atoms with E-state index in [1.54, 1.807) is 0 Å². The van der Waals surface area contributed by atoms with Gasteiger partial charge >= 0.3 is 19.8 Å². The first-order valence-electron chi connectivity index (χ1n) is 31.6. The second-order valence-corrected chi connectivity index (χ2v) is 23.5. The molecule has 460 valence electrons. The van der Waals surface area contributed by atoms with Crippen molar-refractivity contribution < 1.29 is 72.0 Å². The SMILES string of the molecule is CCCCCCCCCCCCCCCCNC(=O)[C@@H](CO[C@H]1O[C@H](CO)[C@@H](O)[C@H](O)[C@H]1NC(C)=O)OP(=O)(O)OC[C@@H](COC(=O)CCCCCCCCCCCCC)OC(=O)CCCCCCCCCCCCCCC. The van der Waals surface area contributed by atoms with Gasteiger partial charge in [-0.15, -0.1) is 0 Å². The standard InChI is InChI=1S/C60H115N2O15P/c1-5-8-11-14-17-20-23-25-27-30-33-36-39-42-45-61-59(69)53(49-73-60-56(62-50(4)64)58(68)57(67)52(46-63)76-60)77-78(70,71)74-48-51(47-72-54(65)43-40-37-34-31-28-22-19-16-13-10-7-3)75-55(66)44-41-38-35-32-29-26-24-21-18-15-12-9-6-2/h51-53,56-58,60,63,67-68H,5-49H2,1-4H3,(H,61,69)(H,62,64)(H,70,71)/t51-,52-,53-,56-,57-,58-,60+/m1/s1. The van der Waals surface area contributed by atoms with E-state index in [-0.39, 0.29) is 19.4 Å². The number of ether oxygens (including phenoxy) is 4. The van der Waals surface area contributed by atoms with Crippen LogP contribution in [0.1, 0.15) is 285 Å². The van der Waals surface area contributed by atoms with Gasteiger partial charge in [-0.2, -0.15) is 0 Å². The highest BCUT2D eigenvalue weighted by Gasteiger charge is 2.46. The van der Waals surface area contributed by atoms with Crippen LogP contribution >= 0.6 is 7.82 Å². The maximum absolute atomic E-state index is 13.7.